The van der Waals surface area contributed by atoms with Gasteiger partial charge >= 0.3 is 5.69 Å². The van der Waals surface area contributed by atoms with E-state index in [4.69, 9.17) is 4.74 Å². The van der Waals surface area contributed by atoms with E-state index >= 15 is 0 Å². The van der Waals surface area contributed by atoms with Crippen LogP contribution in [0.2, 0.25) is 0 Å². The minimum Gasteiger partial charge on any atom is -0.388 e. The van der Waals surface area contributed by atoms with Gasteiger partial charge in [0, 0.05) is 18.7 Å². The fourth-order valence-corrected chi connectivity index (χ4v) is 2.12. The molecule has 5 atom stereocenters. The first kappa shape index (κ1) is 14.9. The lowest BCUT2D eigenvalue weighted by atomic mass is 10.1. The van der Waals surface area contributed by atoms with Crippen molar-refractivity contribution in [2.24, 2.45) is 0 Å². The second-order valence-corrected chi connectivity index (χ2v) is 4.60. The van der Waals surface area contributed by atoms with Gasteiger partial charge in [0.05, 0.1) is 6.10 Å². The lowest BCUT2D eigenvalue weighted by Crippen LogP contribution is -2.38. The Kier molecular flexibility index (Phi) is 4.35. The van der Waals surface area contributed by atoms with Crippen molar-refractivity contribution in [2.45, 2.75) is 37.2 Å². The summed E-state index contributed by atoms with van der Waals surface area (Å²) < 4.78 is 6.39. The summed E-state index contributed by atoms with van der Waals surface area (Å²) in [5.41, 5.74) is -1.31. The maximum Gasteiger partial charge on any atom is 0.330 e. The average Bonchev–Trinajstić information content (AvgIpc) is 2.67. The number of aliphatic hydroxyl groups excluding tert-OH is 3. The van der Waals surface area contributed by atoms with E-state index in [0.29, 0.717) is 0 Å². The number of hydrogen-bond acceptors (Lipinski definition) is 7. The number of aromatic nitrogens is 2. The Balaban J connectivity index is 2.21. The number of rotatable bonds is 4. The Morgan fingerprint density at radius 1 is 1.45 bits per heavy atom. The number of ether oxygens (including phenoxy) is 1. The predicted molar refractivity (Wildman–Crippen MR) is 66.9 cm³/mol. The minimum absolute atomic E-state index is 0.0450. The zero-order valence-electron chi connectivity index (χ0n) is 10.8. The number of aromatic amines is 1. The zero-order valence-corrected chi connectivity index (χ0v) is 10.8. The topological polar surface area (TPSA) is 137 Å². The molecule has 1 aliphatic rings. The molecule has 1 aromatic heterocycles. The Labute approximate surface area is 113 Å². The van der Waals surface area contributed by atoms with E-state index in [2.05, 4.69) is 5.32 Å². The van der Waals surface area contributed by atoms with Crippen LogP contribution in [-0.2, 0) is 4.74 Å². The third-order valence-corrected chi connectivity index (χ3v) is 3.25. The highest BCUT2D eigenvalue weighted by atomic mass is 16.6. The fourth-order valence-electron chi connectivity index (χ4n) is 2.12. The first-order chi connectivity index (χ1) is 9.43. The number of aliphatic hydroxyl groups is 3. The Bertz CT molecular complexity index is 570. The van der Waals surface area contributed by atoms with Crippen molar-refractivity contribution < 1.29 is 20.1 Å². The van der Waals surface area contributed by atoms with E-state index in [0.717, 1.165) is 10.6 Å². The highest BCUT2D eigenvalue weighted by Crippen LogP contribution is 2.30. The molecule has 1 fully saturated rings. The standard InChI is InChI=1S/C11H17N3O6/c1-12-7(16)4-5-8(17)9(18)10(20-5)14-3-2-6(15)13-11(14)19/h2-3,5,7-10,12,16-18H,4H2,1H3,(H,13,15,19). The van der Waals surface area contributed by atoms with Gasteiger partial charge in [-0.1, -0.05) is 0 Å². The molecular formula is C11H17N3O6. The van der Waals surface area contributed by atoms with Crippen LogP contribution in [0, 0.1) is 0 Å². The van der Waals surface area contributed by atoms with E-state index < -0.39 is 42.0 Å². The summed E-state index contributed by atoms with van der Waals surface area (Å²) in [5.74, 6) is 0. The van der Waals surface area contributed by atoms with E-state index in [1.54, 1.807) is 0 Å². The van der Waals surface area contributed by atoms with Gasteiger partial charge in [0.25, 0.3) is 5.56 Å². The van der Waals surface area contributed by atoms with Gasteiger partial charge in [-0.05, 0) is 7.05 Å². The van der Waals surface area contributed by atoms with Gasteiger partial charge in [-0.2, -0.15) is 0 Å². The Morgan fingerprint density at radius 3 is 2.75 bits per heavy atom. The van der Waals surface area contributed by atoms with Crippen LogP contribution >= 0.6 is 0 Å². The van der Waals surface area contributed by atoms with Crippen molar-refractivity contribution in [3.63, 3.8) is 0 Å². The summed E-state index contributed by atoms with van der Waals surface area (Å²) in [4.78, 5) is 24.7. The highest BCUT2D eigenvalue weighted by Gasteiger charge is 2.44. The molecule has 1 aromatic rings. The van der Waals surface area contributed by atoms with Gasteiger partial charge in [-0.3, -0.25) is 19.7 Å². The first-order valence-electron chi connectivity index (χ1n) is 6.12. The number of H-pyrrole nitrogens is 1. The second kappa shape index (κ2) is 5.85. The molecule has 0 bridgehead atoms. The summed E-state index contributed by atoms with van der Waals surface area (Å²) in [6.07, 6.45) is -4.23. The van der Waals surface area contributed by atoms with Gasteiger partial charge in [-0.25, -0.2) is 4.79 Å². The number of nitrogens with zero attached hydrogens (tertiary/aromatic N) is 1. The molecule has 9 nitrogen and oxygen atoms in total. The normalized spacial score (nSPS) is 31.4. The molecule has 0 amide bonds. The van der Waals surface area contributed by atoms with Gasteiger partial charge < -0.3 is 20.1 Å². The fraction of sp³-hybridized carbons (Fsp3) is 0.636. The summed E-state index contributed by atoms with van der Waals surface area (Å²) >= 11 is 0. The van der Waals surface area contributed by atoms with Crippen LogP contribution in [0.3, 0.4) is 0 Å². The molecule has 2 rings (SSSR count). The van der Waals surface area contributed by atoms with Crippen LogP contribution < -0.4 is 16.6 Å². The lowest BCUT2D eigenvalue weighted by molar-refractivity contribution is -0.0552. The molecule has 5 unspecified atom stereocenters. The maximum absolute atomic E-state index is 11.6. The molecule has 2 heterocycles. The summed E-state index contributed by atoms with van der Waals surface area (Å²) in [7, 11) is 1.53. The highest BCUT2D eigenvalue weighted by molar-refractivity contribution is 4.93. The van der Waals surface area contributed by atoms with Crippen molar-refractivity contribution >= 4 is 0 Å². The van der Waals surface area contributed by atoms with Crippen LogP contribution in [0.25, 0.3) is 0 Å². The summed E-state index contributed by atoms with van der Waals surface area (Å²) in [6.45, 7) is 0. The van der Waals surface area contributed by atoms with Crippen LogP contribution in [0.15, 0.2) is 21.9 Å². The molecule has 5 N–H and O–H groups in total. The van der Waals surface area contributed by atoms with Crippen molar-refractivity contribution in [2.75, 3.05) is 7.05 Å². The molecule has 1 aliphatic heterocycles. The third-order valence-electron chi connectivity index (χ3n) is 3.25. The van der Waals surface area contributed by atoms with Gasteiger partial charge in [0.15, 0.2) is 6.23 Å². The average molecular weight is 287 g/mol. The summed E-state index contributed by atoms with van der Waals surface area (Å²) in [6, 6.07) is 1.11. The molecule has 20 heavy (non-hydrogen) atoms. The van der Waals surface area contributed by atoms with Crippen LogP contribution in [0.4, 0.5) is 0 Å². The van der Waals surface area contributed by atoms with E-state index in [1.807, 2.05) is 4.98 Å². The molecule has 112 valence electrons. The summed E-state index contributed by atoms with van der Waals surface area (Å²) in [5, 5.41) is 31.8. The first-order valence-corrected chi connectivity index (χ1v) is 6.12. The molecule has 9 heteroatoms. The molecule has 0 aliphatic carbocycles. The van der Waals surface area contributed by atoms with Gasteiger partial charge in [-0.15, -0.1) is 0 Å². The van der Waals surface area contributed by atoms with E-state index in [9.17, 15) is 24.9 Å². The number of hydrogen-bond donors (Lipinski definition) is 5. The van der Waals surface area contributed by atoms with Crippen molar-refractivity contribution in [3.8, 4) is 0 Å². The largest absolute Gasteiger partial charge is 0.388 e. The van der Waals surface area contributed by atoms with Crippen LogP contribution in [0.5, 0.6) is 0 Å². The zero-order chi connectivity index (χ0) is 14.9. The molecule has 0 saturated carbocycles. The Hall–Kier alpha value is -1.52. The second-order valence-electron chi connectivity index (χ2n) is 4.60. The molecule has 0 spiro atoms. The monoisotopic (exact) mass is 287 g/mol. The molecule has 0 radical (unpaired) electrons. The van der Waals surface area contributed by atoms with E-state index in [-0.39, 0.29) is 6.42 Å². The van der Waals surface area contributed by atoms with Crippen molar-refractivity contribution in [1.29, 1.82) is 0 Å². The molecular weight excluding hydrogens is 270 g/mol. The van der Waals surface area contributed by atoms with Gasteiger partial charge in [0.2, 0.25) is 0 Å². The SMILES string of the molecule is CNC(O)CC1OC(n2ccc(=O)[nH]c2=O)C(O)C1O. The maximum atomic E-state index is 11.6. The lowest BCUT2D eigenvalue weighted by Gasteiger charge is -2.18. The number of nitrogens with one attached hydrogen (secondary N) is 2. The van der Waals surface area contributed by atoms with Crippen molar-refractivity contribution in [3.05, 3.63) is 33.1 Å². The van der Waals surface area contributed by atoms with Crippen molar-refractivity contribution in [1.82, 2.24) is 14.9 Å². The molecule has 0 aromatic carbocycles. The third kappa shape index (κ3) is 2.81. The smallest absolute Gasteiger partial charge is 0.330 e. The van der Waals surface area contributed by atoms with Gasteiger partial charge in [0.1, 0.15) is 18.4 Å². The van der Waals surface area contributed by atoms with Crippen LogP contribution in [-0.4, -0.2) is 56.5 Å². The van der Waals surface area contributed by atoms with E-state index in [1.165, 1.54) is 13.2 Å². The molecule has 1 saturated heterocycles. The predicted octanol–water partition coefficient (Wildman–Crippen LogP) is -2.92. The quantitative estimate of drug-likeness (QED) is 0.374. The minimum atomic E-state index is -1.34. The van der Waals surface area contributed by atoms with Crippen LogP contribution in [0.1, 0.15) is 12.6 Å². The Morgan fingerprint density at radius 2 is 2.15 bits per heavy atom.